The molecule has 2 amide bonds. The first kappa shape index (κ1) is 28.8. The van der Waals surface area contributed by atoms with Gasteiger partial charge in [-0.15, -0.1) is 11.3 Å². The Bertz CT molecular complexity index is 2070. The van der Waals surface area contributed by atoms with Crippen LogP contribution >= 0.6 is 11.3 Å². The van der Waals surface area contributed by atoms with E-state index in [1.54, 1.807) is 30.7 Å². The van der Waals surface area contributed by atoms with Crippen LogP contribution in [0.4, 0.5) is 13.2 Å². The number of pyridine rings is 1. The van der Waals surface area contributed by atoms with E-state index in [-0.39, 0.29) is 36.4 Å². The van der Waals surface area contributed by atoms with Gasteiger partial charge in [0.1, 0.15) is 28.8 Å². The Morgan fingerprint density at radius 2 is 1.91 bits per heavy atom. The van der Waals surface area contributed by atoms with Crippen LogP contribution in [-0.4, -0.2) is 44.1 Å². The molecule has 0 unspecified atom stereocenters. The molecule has 0 bridgehead atoms. The molecule has 228 valence electrons. The molecular weight excluding hydrogens is 603 g/mol. The van der Waals surface area contributed by atoms with Gasteiger partial charge in [0.05, 0.1) is 36.1 Å². The second-order valence-corrected chi connectivity index (χ2v) is 12.1. The summed E-state index contributed by atoms with van der Waals surface area (Å²) in [7, 11) is 0. The molecule has 5 heterocycles. The molecule has 0 aliphatic carbocycles. The van der Waals surface area contributed by atoms with Crippen LogP contribution < -0.4 is 10.1 Å². The average molecular weight is 630 g/mol. The minimum Gasteiger partial charge on any atom is -0.490 e. The largest absolute Gasteiger partial charge is 0.490 e. The number of hydrogen-bond donors (Lipinski definition) is 1. The van der Waals surface area contributed by atoms with Gasteiger partial charge in [-0.2, -0.15) is 5.10 Å². The summed E-state index contributed by atoms with van der Waals surface area (Å²) in [6.45, 7) is 7.69. The summed E-state index contributed by atoms with van der Waals surface area (Å²) >= 11 is 1.37. The van der Waals surface area contributed by atoms with E-state index in [0.29, 0.717) is 51.7 Å². The van der Waals surface area contributed by atoms with Gasteiger partial charge in [0.15, 0.2) is 5.83 Å². The van der Waals surface area contributed by atoms with Crippen LogP contribution in [0.3, 0.4) is 0 Å². The van der Waals surface area contributed by atoms with Gasteiger partial charge in [0.25, 0.3) is 11.8 Å². The van der Waals surface area contributed by atoms with Crippen molar-refractivity contribution >= 4 is 33.2 Å². The van der Waals surface area contributed by atoms with Gasteiger partial charge in [-0.3, -0.25) is 14.3 Å². The minimum absolute atomic E-state index is 0.0253. The maximum absolute atomic E-state index is 15.9. The first-order chi connectivity index (χ1) is 21.6. The van der Waals surface area contributed by atoms with Gasteiger partial charge >= 0.3 is 0 Å². The highest BCUT2D eigenvalue weighted by atomic mass is 32.1. The highest BCUT2D eigenvalue weighted by molar-refractivity contribution is 7.18. The van der Waals surface area contributed by atoms with Crippen LogP contribution in [0.1, 0.15) is 35.5 Å². The minimum atomic E-state index is -1.05. The van der Waals surface area contributed by atoms with Gasteiger partial charge < -0.3 is 15.0 Å². The number of rotatable bonds is 6. The first-order valence-electron chi connectivity index (χ1n) is 14.3. The number of ether oxygens (including phenoxy) is 1. The summed E-state index contributed by atoms with van der Waals surface area (Å²) in [5.41, 5.74) is 4.55. The third kappa shape index (κ3) is 4.95. The van der Waals surface area contributed by atoms with Gasteiger partial charge in [-0.1, -0.05) is 12.6 Å². The van der Waals surface area contributed by atoms with E-state index in [4.69, 9.17) is 14.8 Å². The van der Waals surface area contributed by atoms with Crippen molar-refractivity contribution in [2.45, 2.75) is 39.6 Å². The number of hydrogen-bond acceptors (Lipinski definition) is 6. The lowest BCUT2D eigenvalue weighted by atomic mass is 9.95. The summed E-state index contributed by atoms with van der Waals surface area (Å²) in [5.74, 6) is -3.55. The van der Waals surface area contributed by atoms with Crippen LogP contribution in [0, 0.1) is 11.6 Å². The van der Waals surface area contributed by atoms with E-state index in [1.165, 1.54) is 16.2 Å². The zero-order valence-corrected chi connectivity index (χ0v) is 25.1. The lowest BCUT2D eigenvalue weighted by molar-refractivity contribution is -0.130. The number of thiophene rings is 1. The number of nitrogens with zero attached hydrogens (tertiary/aromatic N) is 4. The van der Waals surface area contributed by atoms with E-state index in [9.17, 15) is 18.4 Å². The van der Waals surface area contributed by atoms with Gasteiger partial charge in [-0.25, -0.2) is 18.2 Å². The summed E-state index contributed by atoms with van der Waals surface area (Å²) < 4.78 is 52.5. The molecule has 2 aliphatic heterocycles. The fourth-order valence-electron chi connectivity index (χ4n) is 5.91. The van der Waals surface area contributed by atoms with E-state index < -0.39 is 23.4 Å². The number of fused-ring (bicyclic) bond motifs is 3. The van der Waals surface area contributed by atoms with E-state index in [0.717, 1.165) is 28.6 Å². The Morgan fingerprint density at radius 3 is 2.69 bits per heavy atom. The fourth-order valence-corrected chi connectivity index (χ4v) is 6.86. The smallest absolute Gasteiger partial charge is 0.282 e. The molecule has 1 N–H and O–H groups in total. The summed E-state index contributed by atoms with van der Waals surface area (Å²) in [4.78, 5) is 31.0. The van der Waals surface area contributed by atoms with Gasteiger partial charge in [0, 0.05) is 52.0 Å². The van der Waals surface area contributed by atoms with Gasteiger partial charge in [0.2, 0.25) is 0 Å². The monoisotopic (exact) mass is 629 g/mol. The molecule has 0 atom stereocenters. The molecule has 0 radical (unpaired) electrons. The zero-order chi connectivity index (χ0) is 31.6. The standard InChI is InChI=1S/C33H26F3N5O3S/c1-16(2)44-26-12-20(35)11-24(36)27(26)28-30(25-13-21-15-40(33(43)17(3)34)7-8-41(21)39-25)38-29(23-6-9-45-31(23)28)18-4-5-22-19(10-18)14-37-32(22)42/h4-6,9-13,16H,3,7-8,14-15H2,1-2H3,(H,37,42). The Balaban J connectivity index is 1.49. The van der Waals surface area contributed by atoms with Crippen LogP contribution in [0.5, 0.6) is 5.75 Å². The van der Waals surface area contributed by atoms with Crippen LogP contribution in [0.15, 0.2) is 60.3 Å². The number of benzene rings is 2. The van der Waals surface area contributed by atoms with E-state index in [2.05, 4.69) is 11.9 Å². The van der Waals surface area contributed by atoms with Crippen molar-refractivity contribution in [2.24, 2.45) is 0 Å². The molecular formula is C33H26F3N5O3S. The lowest BCUT2D eigenvalue weighted by Gasteiger charge is -2.26. The summed E-state index contributed by atoms with van der Waals surface area (Å²) in [6, 6.07) is 11.1. The van der Waals surface area contributed by atoms with Crippen molar-refractivity contribution < 1.29 is 27.5 Å². The van der Waals surface area contributed by atoms with Crippen molar-refractivity contribution in [2.75, 3.05) is 6.54 Å². The third-order valence-corrected chi connectivity index (χ3v) is 8.79. The van der Waals surface area contributed by atoms with Crippen LogP contribution in [0.25, 0.3) is 43.9 Å². The number of aromatic nitrogens is 3. The number of halogens is 3. The normalized spacial score (nSPS) is 14.1. The first-order valence-corrected chi connectivity index (χ1v) is 15.2. The SMILES string of the molecule is C=C(F)C(=O)N1CCn2nc(-c3nc(-c4ccc5c(c4)CNC5=O)c4ccsc4c3-c3c(F)cc(F)cc3OC(C)C)cc2C1. The predicted octanol–water partition coefficient (Wildman–Crippen LogP) is 6.63. The quantitative estimate of drug-likeness (QED) is 0.213. The summed E-state index contributed by atoms with van der Waals surface area (Å²) in [6.07, 6.45) is -0.379. The van der Waals surface area contributed by atoms with Crippen molar-refractivity contribution in [3.05, 3.63) is 88.7 Å². The molecule has 5 aromatic rings. The molecule has 8 nitrogen and oxygen atoms in total. The predicted molar refractivity (Wildman–Crippen MR) is 164 cm³/mol. The van der Waals surface area contributed by atoms with Gasteiger partial charge in [-0.05, 0) is 49.1 Å². The molecule has 2 aromatic carbocycles. The Hall–Kier alpha value is -4.97. The Morgan fingerprint density at radius 1 is 1.09 bits per heavy atom. The van der Waals surface area contributed by atoms with Crippen molar-refractivity contribution in [3.63, 3.8) is 0 Å². The zero-order valence-electron chi connectivity index (χ0n) is 24.3. The van der Waals surface area contributed by atoms with E-state index in [1.807, 2.05) is 23.6 Å². The molecule has 0 saturated heterocycles. The summed E-state index contributed by atoms with van der Waals surface area (Å²) in [5, 5.41) is 10.2. The molecule has 3 aromatic heterocycles. The van der Waals surface area contributed by atoms with Crippen LogP contribution in [-0.2, 0) is 24.4 Å². The second-order valence-electron chi connectivity index (χ2n) is 11.2. The highest BCUT2D eigenvalue weighted by Crippen LogP contribution is 2.47. The van der Waals surface area contributed by atoms with Crippen molar-refractivity contribution in [1.29, 1.82) is 0 Å². The molecule has 0 spiro atoms. The Labute approximate surface area is 259 Å². The molecule has 2 aliphatic rings. The number of amides is 2. The fraction of sp³-hybridized carbons (Fsp3) is 0.212. The Kier molecular flexibility index (Phi) is 6.96. The molecule has 7 rings (SSSR count). The number of nitrogens with one attached hydrogen (secondary N) is 1. The molecule has 0 fully saturated rings. The van der Waals surface area contributed by atoms with Crippen LogP contribution in [0.2, 0.25) is 0 Å². The molecule has 45 heavy (non-hydrogen) atoms. The average Bonchev–Trinajstić information content (AvgIpc) is 3.74. The van der Waals surface area contributed by atoms with Crippen molar-refractivity contribution in [1.82, 2.24) is 25.0 Å². The van der Waals surface area contributed by atoms with E-state index >= 15 is 4.39 Å². The van der Waals surface area contributed by atoms with Crippen molar-refractivity contribution in [3.8, 4) is 39.5 Å². The topological polar surface area (TPSA) is 89.4 Å². The molecule has 12 heteroatoms. The number of carbonyl (C=O) groups excluding carboxylic acids is 2. The highest BCUT2D eigenvalue weighted by Gasteiger charge is 2.30. The maximum Gasteiger partial charge on any atom is 0.282 e. The number of carbonyl (C=O) groups is 2. The maximum atomic E-state index is 15.9. The molecule has 0 saturated carbocycles. The third-order valence-electron chi connectivity index (χ3n) is 7.86. The second kappa shape index (κ2) is 10.9. The lowest BCUT2D eigenvalue weighted by Crippen LogP contribution is -2.38.